The lowest BCUT2D eigenvalue weighted by Crippen LogP contribution is -2.18. The van der Waals surface area contributed by atoms with E-state index in [0.717, 1.165) is 12.1 Å². The zero-order chi connectivity index (χ0) is 15.6. The molecule has 1 amide bonds. The normalized spacial score (nSPS) is 18.5. The molecule has 21 heavy (non-hydrogen) atoms. The van der Waals surface area contributed by atoms with Crippen molar-refractivity contribution in [3.63, 3.8) is 0 Å². The van der Waals surface area contributed by atoms with Crippen LogP contribution in [0.25, 0.3) is 0 Å². The Labute approximate surface area is 123 Å². The van der Waals surface area contributed by atoms with E-state index in [0.29, 0.717) is 12.6 Å². The maximum atomic E-state index is 12.6. The van der Waals surface area contributed by atoms with E-state index >= 15 is 0 Å². The monoisotopic (exact) mass is 321 g/mol. The summed E-state index contributed by atoms with van der Waals surface area (Å²) in [7, 11) is 0. The van der Waals surface area contributed by atoms with Gasteiger partial charge in [0.05, 0.1) is 17.7 Å². The topological polar surface area (TPSA) is 55.4 Å². The fourth-order valence-corrected chi connectivity index (χ4v) is 2.17. The predicted octanol–water partition coefficient (Wildman–Crippen LogP) is 2.65. The second-order valence-electron chi connectivity index (χ2n) is 4.70. The Bertz CT molecular complexity index is 574. The van der Waals surface area contributed by atoms with Crippen LogP contribution in [0.2, 0.25) is 5.02 Å². The van der Waals surface area contributed by atoms with Crippen LogP contribution < -0.4 is 5.32 Å². The second kappa shape index (κ2) is 5.93. The minimum atomic E-state index is -4.60. The van der Waals surface area contributed by atoms with E-state index < -0.39 is 17.7 Å². The SMILES string of the molecule is O=C1CC(COC(=O)c2cc(Cl)cc(C(F)(F)F)c2)CN1. The molecule has 0 radical (unpaired) electrons. The van der Waals surface area contributed by atoms with Gasteiger partial charge in [0.1, 0.15) is 0 Å². The van der Waals surface area contributed by atoms with Gasteiger partial charge < -0.3 is 10.1 Å². The van der Waals surface area contributed by atoms with Crippen molar-refractivity contribution in [3.05, 3.63) is 34.3 Å². The lowest BCUT2D eigenvalue weighted by molar-refractivity contribution is -0.137. The standard InChI is InChI=1S/C13H11ClF3NO3/c14-10-3-8(2-9(4-10)13(15,16)17)12(20)21-6-7-1-11(19)18-5-7/h2-4,7H,1,5-6H2,(H,18,19). The summed E-state index contributed by atoms with van der Waals surface area (Å²) < 4.78 is 42.8. The molecule has 1 atom stereocenters. The summed E-state index contributed by atoms with van der Waals surface area (Å²) in [5, 5.41) is 2.37. The Morgan fingerprint density at radius 1 is 1.38 bits per heavy atom. The van der Waals surface area contributed by atoms with Crippen LogP contribution in [0.1, 0.15) is 22.3 Å². The predicted molar refractivity (Wildman–Crippen MR) is 67.9 cm³/mol. The van der Waals surface area contributed by atoms with Gasteiger partial charge in [-0.2, -0.15) is 13.2 Å². The van der Waals surface area contributed by atoms with E-state index in [1.165, 1.54) is 0 Å². The number of hydrogen-bond acceptors (Lipinski definition) is 3. The Kier molecular flexibility index (Phi) is 4.41. The number of esters is 1. The Morgan fingerprint density at radius 3 is 2.67 bits per heavy atom. The van der Waals surface area contributed by atoms with Crippen LogP contribution in [0.15, 0.2) is 18.2 Å². The molecule has 4 nitrogen and oxygen atoms in total. The number of carbonyl (C=O) groups excluding carboxylic acids is 2. The summed E-state index contributed by atoms with van der Waals surface area (Å²) in [5.74, 6) is -1.21. The number of amides is 1. The largest absolute Gasteiger partial charge is 0.462 e. The maximum absolute atomic E-state index is 12.6. The molecule has 1 saturated heterocycles. The van der Waals surface area contributed by atoms with Gasteiger partial charge in [-0.1, -0.05) is 11.6 Å². The third-order valence-corrected chi connectivity index (χ3v) is 3.19. The van der Waals surface area contributed by atoms with Crippen molar-refractivity contribution in [2.24, 2.45) is 5.92 Å². The Balaban J connectivity index is 2.05. The molecule has 1 aromatic rings. The van der Waals surface area contributed by atoms with E-state index in [1.54, 1.807) is 0 Å². The summed E-state index contributed by atoms with van der Waals surface area (Å²) in [6.07, 6.45) is -4.36. The van der Waals surface area contributed by atoms with Crippen molar-refractivity contribution in [2.45, 2.75) is 12.6 Å². The van der Waals surface area contributed by atoms with Gasteiger partial charge in [0.15, 0.2) is 0 Å². The molecule has 1 fully saturated rings. The van der Waals surface area contributed by atoms with Crippen molar-refractivity contribution in [2.75, 3.05) is 13.2 Å². The lowest BCUT2D eigenvalue weighted by atomic mass is 10.1. The molecule has 1 N–H and O–H groups in total. The van der Waals surface area contributed by atoms with Crippen LogP contribution in [0.5, 0.6) is 0 Å². The van der Waals surface area contributed by atoms with E-state index in [1.807, 2.05) is 0 Å². The van der Waals surface area contributed by atoms with E-state index in [2.05, 4.69) is 5.32 Å². The van der Waals surface area contributed by atoms with Crippen molar-refractivity contribution >= 4 is 23.5 Å². The Morgan fingerprint density at radius 2 is 2.10 bits per heavy atom. The first-order valence-electron chi connectivity index (χ1n) is 6.07. The zero-order valence-electron chi connectivity index (χ0n) is 10.7. The molecule has 1 aliphatic rings. The van der Waals surface area contributed by atoms with Crippen molar-refractivity contribution in [1.82, 2.24) is 5.32 Å². The van der Waals surface area contributed by atoms with Gasteiger partial charge in [0, 0.05) is 23.9 Å². The molecule has 1 heterocycles. The molecular formula is C13H11ClF3NO3. The Hall–Kier alpha value is -1.76. The summed E-state index contributed by atoms with van der Waals surface area (Å²) in [6.45, 7) is 0.348. The first-order valence-corrected chi connectivity index (χ1v) is 6.45. The highest BCUT2D eigenvalue weighted by Crippen LogP contribution is 2.32. The zero-order valence-corrected chi connectivity index (χ0v) is 11.4. The number of benzene rings is 1. The van der Waals surface area contributed by atoms with Crippen LogP contribution in [0.4, 0.5) is 13.2 Å². The van der Waals surface area contributed by atoms with Crippen LogP contribution >= 0.6 is 11.6 Å². The minimum Gasteiger partial charge on any atom is -0.462 e. The number of nitrogens with one attached hydrogen (secondary N) is 1. The first-order chi connectivity index (χ1) is 9.75. The van der Waals surface area contributed by atoms with Crippen molar-refractivity contribution < 1.29 is 27.5 Å². The molecule has 1 unspecified atom stereocenters. The number of alkyl halides is 3. The molecule has 0 spiro atoms. The van der Waals surface area contributed by atoms with Crippen LogP contribution in [0, 0.1) is 5.92 Å². The van der Waals surface area contributed by atoms with Gasteiger partial charge in [-0.25, -0.2) is 4.79 Å². The number of hydrogen-bond donors (Lipinski definition) is 1. The molecule has 0 aromatic heterocycles. The average molecular weight is 322 g/mol. The molecule has 8 heteroatoms. The smallest absolute Gasteiger partial charge is 0.416 e. The van der Waals surface area contributed by atoms with E-state index in [-0.39, 0.29) is 35.4 Å². The van der Waals surface area contributed by atoms with Crippen molar-refractivity contribution in [3.8, 4) is 0 Å². The molecule has 114 valence electrons. The maximum Gasteiger partial charge on any atom is 0.416 e. The fraction of sp³-hybridized carbons (Fsp3) is 0.385. The first kappa shape index (κ1) is 15.6. The lowest BCUT2D eigenvalue weighted by Gasteiger charge is -2.11. The average Bonchev–Trinajstić information content (AvgIpc) is 2.80. The second-order valence-corrected chi connectivity index (χ2v) is 5.14. The minimum absolute atomic E-state index is 0.0363. The highest BCUT2D eigenvalue weighted by atomic mass is 35.5. The summed E-state index contributed by atoms with van der Waals surface area (Å²) in [5.41, 5.74) is -1.29. The van der Waals surface area contributed by atoms with Gasteiger partial charge in [0.2, 0.25) is 5.91 Å². The highest BCUT2D eigenvalue weighted by molar-refractivity contribution is 6.31. The van der Waals surface area contributed by atoms with Gasteiger partial charge >= 0.3 is 12.1 Å². The third-order valence-electron chi connectivity index (χ3n) is 2.97. The molecular weight excluding hydrogens is 311 g/mol. The third kappa shape index (κ3) is 4.10. The molecule has 1 aliphatic heterocycles. The number of carbonyl (C=O) groups is 2. The van der Waals surface area contributed by atoms with E-state index in [9.17, 15) is 22.8 Å². The molecule has 0 bridgehead atoms. The molecule has 1 aromatic carbocycles. The highest BCUT2D eigenvalue weighted by Gasteiger charge is 2.32. The molecule has 0 saturated carbocycles. The summed E-state index contributed by atoms with van der Waals surface area (Å²) in [4.78, 5) is 22.7. The fourth-order valence-electron chi connectivity index (χ4n) is 1.93. The van der Waals surface area contributed by atoms with Gasteiger partial charge in [-0.3, -0.25) is 4.79 Å². The van der Waals surface area contributed by atoms with Crippen LogP contribution in [0.3, 0.4) is 0 Å². The van der Waals surface area contributed by atoms with Gasteiger partial charge in [-0.15, -0.1) is 0 Å². The quantitative estimate of drug-likeness (QED) is 0.871. The number of ether oxygens (including phenoxy) is 1. The van der Waals surface area contributed by atoms with Crippen LogP contribution in [-0.2, 0) is 15.7 Å². The number of halogens is 4. The number of rotatable bonds is 3. The summed E-state index contributed by atoms with van der Waals surface area (Å²) in [6, 6.07) is 2.53. The molecule has 2 rings (SSSR count). The van der Waals surface area contributed by atoms with Gasteiger partial charge in [-0.05, 0) is 18.2 Å². The molecule has 0 aliphatic carbocycles. The van der Waals surface area contributed by atoms with E-state index in [4.69, 9.17) is 16.3 Å². The van der Waals surface area contributed by atoms with Crippen molar-refractivity contribution in [1.29, 1.82) is 0 Å². The summed E-state index contributed by atoms with van der Waals surface area (Å²) >= 11 is 5.58. The van der Waals surface area contributed by atoms with Gasteiger partial charge in [0.25, 0.3) is 0 Å². The van der Waals surface area contributed by atoms with Crippen LogP contribution in [-0.4, -0.2) is 25.0 Å².